The van der Waals surface area contributed by atoms with Crippen molar-refractivity contribution >= 4 is 39.8 Å². The molecule has 26 heavy (non-hydrogen) atoms. The molecule has 1 aromatic heterocycles. The molecular weight excluding hydrogens is 372 g/mol. The number of thioether (sulfide) groups is 1. The Kier molecular flexibility index (Phi) is 6.70. The Labute approximate surface area is 161 Å². The van der Waals surface area contributed by atoms with Crippen LogP contribution in [0.15, 0.2) is 28.6 Å². The van der Waals surface area contributed by atoms with E-state index in [0.717, 1.165) is 15.8 Å². The van der Waals surface area contributed by atoms with Crippen LogP contribution in [0.3, 0.4) is 0 Å². The zero-order valence-electron chi connectivity index (χ0n) is 14.8. The van der Waals surface area contributed by atoms with Gasteiger partial charge in [-0.2, -0.15) is 0 Å². The number of benzene rings is 1. The highest BCUT2D eigenvalue weighted by atomic mass is 32.2. The molecule has 1 amide bonds. The first kappa shape index (κ1) is 18.9. The lowest BCUT2D eigenvalue weighted by atomic mass is 10.3. The number of carbonyl (C=O) groups is 1. The van der Waals surface area contributed by atoms with Crippen LogP contribution < -0.4 is 10.1 Å². The first-order valence-corrected chi connectivity index (χ1v) is 10.2. The summed E-state index contributed by atoms with van der Waals surface area (Å²) in [5.41, 5.74) is 0.847. The minimum absolute atomic E-state index is 0.115. The lowest BCUT2D eigenvalue weighted by Gasteiger charge is -2.28. The maximum atomic E-state index is 12.5. The van der Waals surface area contributed by atoms with Gasteiger partial charge >= 0.3 is 0 Å². The number of carbonyl (C=O) groups excluding carboxylic acids is 1. The Bertz CT molecular complexity index is 734. The maximum Gasteiger partial charge on any atom is 0.236 e. The number of morpholine rings is 1. The summed E-state index contributed by atoms with van der Waals surface area (Å²) in [6.45, 7) is 6.97. The normalized spacial score (nSPS) is 15.5. The van der Waals surface area contributed by atoms with Gasteiger partial charge in [-0.25, -0.2) is 0 Å². The van der Waals surface area contributed by atoms with Crippen molar-refractivity contribution in [2.45, 2.75) is 23.4 Å². The molecule has 7 nitrogen and oxygen atoms in total. The van der Waals surface area contributed by atoms with Gasteiger partial charge in [-0.15, -0.1) is 10.2 Å². The van der Waals surface area contributed by atoms with Crippen molar-refractivity contribution in [2.24, 2.45) is 0 Å². The first-order valence-electron chi connectivity index (χ1n) is 8.53. The van der Waals surface area contributed by atoms with E-state index in [1.807, 2.05) is 43.0 Å². The molecule has 1 atom stereocenters. The average Bonchev–Trinajstić information content (AvgIpc) is 3.10. The van der Waals surface area contributed by atoms with Crippen LogP contribution in [0.25, 0.3) is 0 Å². The Morgan fingerprint density at radius 2 is 2.15 bits per heavy atom. The summed E-state index contributed by atoms with van der Waals surface area (Å²) in [4.78, 5) is 14.3. The fourth-order valence-electron chi connectivity index (χ4n) is 2.52. The van der Waals surface area contributed by atoms with E-state index in [1.165, 1.54) is 23.1 Å². The summed E-state index contributed by atoms with van der Waals surface area (Å²) in [5.74, 6) is 0.889. The monoisotopic (exact) mass is 394 g/mol. The zero-order chi connectivity index (χ0) is 18.4. The summed E-state index contributed by atoms with van der Waals surface area (Å²) in [6.07, 6.45) is 0. The van der Waals surface area contributed by atoms with Crippen molar-refractivity contribution in [3.05, 3.63) is 24.3 Å². The van der Waals surface area contributed by atoms with Gasteiger partial charge in [0.1, 0.15) is 5.75 Å². The van der Waals surface area contributed by atoms with Gasteiger partial charge in [0.15, 0.2) is 4.34 Å². The molecule has 0 aliphatic carbocycles. The quantitative estimate of drug-likeness (QED) is 0.723. The Hall–Kier alpha value is -1.84. The highest BCUT2D eigenvalue weighted by molar-refractivity contribution is 8.02. The molecule has 1 N–H and O–H groups in total. The topological polar surface area (TPSA) is 76.6 Å². The molecule has 0 radical (unpaired) electrons. The first-order chi connectivity index (χ1) is 12.7. The van der Waals surface area contributed by atoms with Crippen molar-refractivity contribution in [1.29, 1.82) is 0 Å². The van der Waals surface area contributed by atoms with Gasteiger partial charge in [0.05, 0.1) is 30.8 Å². The second-order valence-electron chi connectivity index (χ2n) is 5.63. The standard InChI is InChI=1S/C17H22N4O3S2/c1-3-24-14-7-5-4-6-13(14)18-16-19-20-17(26-16)25-12(2)15(22)21-8-10-23-11-9-21/h4-7,12H,3,8-11H2,1-2H3,(H,18,19). The fraction of sp³-hybridized carbons (Fsp3) is 0.471. The van der Waals surface area contributed by atoms with Crippen molar-refractivity contribution < 1.29 is 14.3 Å². The highest BCUT2D eigenvalue weighted by Gasteiger charge is 2.24. The number of anilines is 2. The van der Waals surface area contributed by atoms with Crippen molar-refractivity contribution in [1.82, 2.24) is 15.1 Å². The van der Waals surface area contributed by atoms with Gasteiger partial charge in [-0.05, 0) is 26.0 Å². The molecule has 1 aliphatic rings. The van der Waals surface area contributed by atoms with Gasteiger partial charge in [-0.1, -0.05) is 35.2 Å². The third kappa shape index (κ3) is 4.87. The van der Waals surface area contributed by atoms with Crippen molar-refractivity contribution in [3.63, 3.8) is 0 Å². The second kappa shape index (κ2) is 9.20. The van der Waals surface area contributed by atoms with Crippen molar-refractivity contribution in [2.75, 3.05) is 38.2 Å². The third-order valence-electron chi connectivity index (χ3n) is 3.78. The van der Waals surface area contributed by atoms with Crippen LogP contribution in [0.1, 0.15) is 13.8 Å². The number of para-hydroxylation sites is 2. The van der Waals surface area contributed by atoms with Gasteiger partial charge in [0, 0.05) is 13.1 Å². The summed E-state index contributed by atoms with van der Waals surface area (Å²) in [6, 6.07) is 7.70. The number of ether oxygens (including phenoxy) is 2. The molecule has 1 aliphatic heterocycles. The minimum Gasteiger partial charge on any atom is -0.492 e. The molecule has 2 aromatic rings. The van der Waals surface area contributed by atoms with E-state index in [1.54, 1.807) is 0 Å². The maximum absolute atomic E-state index is 12.5. The number of aromatic nitrogens is 2. The molecule has 9 heteroatoms. The van der Waals surface area contributed by atoms with E-state index in [2.05, 4.69) is 15.5 Å². The highest BCUT2D eigenvalue weighted by Crippen LogP contribution is 2.33. The minimum atomic E-state index is -0.204. The van der Waals surface area contributed by atoms with Gasteiger partial charge in [0.2, 0.25) is 11.0 Å². The average molecular weight is 395 g/mol. The van der Waals surface area contributed by atoms with E-state index < -0.39 is 0 Å². The zero-order valence-corrected chi connectivity index (χ0v) is 16.4. The molecular formula is C17H22N4O3S2. The molecule has 1 unspecified atom stereocenters. The number of amides is 1. The summed E-state index contributed by atoms with van der Waals surface area (Å²) in [7, 11) is 0. The van der Waals surface area contributed by atoms with Crippen LogP contribution >= 0.6 is 23.1 Å². The van der Waals surface area contributed by atoms with Crippen LogP contribution in [0.5, 0.6) is 5.75 Å². The Morgan fingerprint density at radius 1 is 1.38 bits per heavy atom. The molecule has 0 saturated carbocycles. The summed E-state index contributed by atoms with van der Waals surface area (Å²) >= 11 is 2.86. The van der Waals surface area contributed by atoms with Crippen molar-refractivity contribution in [3.8, 4) is 5.75 Å². The van der Waals surface area contributed by atoms with Gasteiger partial charge < -0.3 is 19.7 Å². The summed E-state index contributed by atoms with van der Waals surface area (Å²) in [5, 5.41) is 12.1. The van der Waals surface area contributed by atoms with Gasteiger partial charge in [-0.3, -0.25) is 4.79 Å². The van der Waals surface area contributed by atoms with E-state index in [9.17, 15) is 4.79 Å². The van der Waals surface area contributed by atoms with E-state index in [4.69, 9.17) is 9.47 Å². The van der Waals surface area contributed by atoms with Crippen LogP contribution in [-0.2, 0) is 9.53 Å². The molecule has 1 aromatic carbocycles. The Balaban J connectivity index is 1.60. The van der Waals surface area contributed by atoms with E-state index in [0.29, 0.717) is 38.0 Å². The largest absolute Gasteiger partial charge is 0.492 e. The molecule has 1 fully saturated rings. The molecule has 0 bridgehead atoms. The van der Waals surface area contributed by atoms with Crippen LogP contribution in [0.2, 0.25) is 0 Å². The molecule has 1 saturated heterocycles. The van der Waals surface area contributed by atoms with E-state index in [-0.39, 0.29) is 11.2 Å². The van der Waals surface area contributed by atoms with E-state index >= 15 is 0 Å². The lowest BCUT2D eigenvalue weighted by Crippen LogP contribution is -2.44. The summed E-state index contributed by atoms with van der Waals surface area (Å²) < 4.78 is 11.7. The van der Waals surface area contributed by atoms with Crippen LogP contribution in [-0.4, -0.2) is 59.2 Å². The lowest BCUT2D eigenvalue weighted by molar-refractivity contribution is -0.134. The fourth-order valence-corrected chi connectivity index (χ4v) is 4.51. The molecule has 3 rings (SSSR count). The molecule has 0 spiro atoms. The predicted octanol–water partition coefficient (Wildman–Crippen LogP) is 3.02. The third-order valence-corrected chi connectivity index (χ3v) is 5.79. The smallest absolute Gasteiger partial charge is 0.236 e. The Morgan fingerprint density at radius 3 is 2.92 bits per heavy atom. The number of rotatable bonds is 7. The van der Waals surface area contributed by atoms with Crippen LogP contribution in [0.4, 0.5) is 10.8 Å². The SMILES string of the molecule is CCOc1ccccc1Nc1nnc(SC(C)C(=O)N2CCOCC2)s1. The number of hydrogen-bond acceptors (Lipinski definition) is 8. The van der Waals surface area contributed by atoms with Crippen LogP contribution in [0, 0.1) is 0 Å². The second-order valence-corrected chi connectivity index (χ2v) is 8.19. The molecule has 2 heterocycles. The number of hydrogen-bond donors (Lipinski definition) is 1. The predicted molar refractivity (Wildman–Crippen MR) is 104 cm³/mol. The number of nitrogens with zero attached hydrogens (tertiary/aromatic N) is 3. The number of nitrogens with one attached hydrogen (secondary N) is 1. The van der Waals surface area contributed by atoms with Gasteiger partial charge in [0.25, 0.3) is 0 Å². The molecule has 140 valence electrons.